The van der Waals surface area contributed by atoms with Gasteiger partial charge in [-0.05, 0) is 69.0 Å². The standard InChI is InChI=1S/C21H24ClN3O3S/c1-28-16-8-7-13(22)11-15(16)23-20(27)19-14-5-4-6-17(14)29-21(19)24-18(26)12-25-9-2-3-10-25/h7-8,11H,2-6,9-10,12H2,1H3,(H,23,27)(H,24,26). The minimum atomic E-state index is -0.249. The predicted octanol–water partition coefficient (Wildman–Crippen LogP) is 4.19. The van der Waals surface area contributed by atoms with Crippen molar-refractivity contribution in [1.29, 1.82) is 0 Å². The molecule has 6 nitrogen and oxygen atoms in total. The zero-order chi connectivity index (χ0) is 20.4. The Morgan fingerprint density at radius 3 is 2.72 bits per heavy atom. The fraction of sp³-hybridized carbons (Fsp3) is 0.429. The van der Waals surface area contributed by atoms with Gasteiger partial charge in [0, 0.05) is 9.90 Å². The Balaban J connectivity index is 1.57. The molecule has 154 valence electrons. The van der Waals surface area contributed by atoms with Gasteiger partial charge < -0.3 is 15.4 Å². The maximum Gasteiger partial charge on any atom is 0.259 e. The van der Waals surface area contributed by atoms with Crippen LogP contribution in [-0.2, 0) is 17.6 Å². The lowest BCUT2D eigenvalue weighted by molar-refractivity contribution is -0.117. The van der Waals surface area contributed by atoms with Crippen LogP contribution in [0.3, 0.4) is 0 Å². The Bertz CT molecular complexity index is 937. The van der Waals surface area contributed by atoms with Crippen LogP contribution in [0.4, 0.5) is 10.7 Å². The number of likely N-dealkylation sites (tertiary alicyclic amines) is 1. The molecule has 1 aromatic heterocycles. The monoisotopic (exact) mass is 433 g/mol. The Morgan fingerprint density at radius 2 is 1.97 bits per heavy atom. The van der Waals surface area contributed by atoms with Crippen molar-refractivity contribution in [1.82, 2.24) is 4.90 Å². The average Bonchev–Trinajstić information content (AvgIpc) is 3.39. The third-order valence-electron chi connectivity index (χ3n) is 5.38. The van der Waals surface area contributed by atoms with Gasteiger partial charge in [0.1, 0.15) is 10.8 Å². The lowest BCUT2D eigenvalue weighted by Gasteiger charge is -2.15. The maximum atomic E-state index is 13.2. The van der Waals surface area contributed by atoms with Crippen LogP contribution < -0.4 is 15.4 Å². The number of hydrogen-bond acceptors (Lipinski definition) is 5. The molecular weight excluding hydrogens is 410 g/mol. The van der Waals surface area contributed by atoms with Crippen LogP contribution in [0.2, 0.25) is 5.02 Å². The maximum absolute atomic E-state index is 13.2. The number of nitrogens with zero attached hydrogens (tertiary/aromatic N) is 1. The molecule has 0 radical (unpaired) electrons. The van der Waals surface area contributed by atoms with Gasteiger partial charge in [-0.25, -0.2) is 0 Å². The van der Waals surface area contributed by atoms with E-state index in [0.29, 0.717) is 33.6 Å². The van der Waals surface area contributed by atoms with E-state index < -0.39 is 0 Å². The normalized spacial score (nSPS) is 15.9. The summed E-state index contributed by atoms with van der Waals surface area (Å²) in [4.78, 5) is 29.1. The molecule has 0 unspecified atom stereocenters. The van der Waals surface area contributed by atoms with Crippen molar-refractivity contribution in [3.63, 3.8) is 0 Å². The van der Waals surface area contributed by atoms with Crippen LogP contribution in [-0.4, -0.2) is 43.5 Å². The van der Waals surface area contributed by atoms with Crippen molar-refractivity contribution >= 4 is 45.4 Å². The van der Waals surface area contributed by atoms with E-state index in [9.17, 15) is 9.59 Å². The molecule has 2 aromatic rings. The zero-order valence-electron chi connectivity index (χ0n) is 16.3. The lowest BCUT2D eigenvalue weighted by atomic mass is 10.1. The SMILES string of the molecule is COc1ccc(Cl)cc1NC(=O)c1c(NC(=O)CN2CCCC2)sc2c1CCC2. The molecule has 0 atom stereocenters. The number of benzene rings is 1. The van der Waals surface area contributed by atoms with E-state index in [1.165, 1.54) is 16.2 Å². The zero-order valence-corrected chi connectivity index (χ0v) is 17.9. The van der Waals surface area contributed by atoms with Crippen molar-refractivity contribution in [3.05, 3.63) is 39.2 Å². The number of hydrogen-bond donors (Lipinski definition) is 2. The number of amides is 2. The highest BCUT2D eigenvalue weighted by atomic mass is 35.5. The van der Waals surface area contributed by atoms with Gasteiger partial charge in [-0.3, -0.25) is 14.5 Å². The summed E-state index contributed by atoms with van der Waals surface area (Å²) in [6, 6.07) is 5.09. The molecule has 1 aromatic carbocycles. The van der Waals surface area contributed by atoms with Gasteiger partial charge in [0.05, 0.1) is 24.9 Å². The van der Waals surface area contributed by atoms with Gasteiger partial charge in [-0.2, -0.15) is 0 Å². The van der Waals surface area contributed by atoms with E-state index in [4.69, 9.17) is 16.3 Å². The van der Waals surface area contributed by atoms with Crippen molar-refractivity contribution in [2.75, 3.05) is 37.4 Å². The molecule has 0 spiro atoms. The van der Waals surface area contributed by atoms with Crippen LogP contribution in [0.5, 0.6) is 5.75 Å². The summed E-state index contributed by atoms with van der Waals surface area (Å²) in [6.07, 6.45) is 5.10. The van der Waals surface area contributed by atoms with E-state index >= 15 is 0 Å². The van der Waals surface area contributed by atoms with Gasteiger partial charge in [0.15, 0.2) is 0 Å². The van der Waals surface area contributed by atoms with Crippen molar-refractivity contribution in [3.8, 4) is 5.75 Å². The van der Waals surface area contributed by atoms with Gasteiger partial charge in [-0.15, -0.1) is 11.3 Å². The van der Waals surface area contributed by atoms with Gasteiger partial charge >= 0.3 is 0 Å². The highest BCUT2D eigenvalue weighted by Crippen LogP contribution is 2.40. The summed E-state index contributed by atoms with van der Waals surface area (Å²) in [5, 5.41) is 7.06. The van der Waals surface area contributed by atoms with Crippen LogP contribution in [0, 0.1) is 0 Å². The minimum absolute atomic E-state index is 0.0683. The average molecular weight is 434 g/mol. The first kappa shape index (κ1) is 20.2. The highest BCUT2D eigenvalue weighted by Gasteiger charge is 2.28. The van der Waals surface area contributed by atoms with Gasteiger partial charge in [0.2, 0.25) is 5.91 Å². The number of rotatable bonds is 6. The molecule has 2 aliphatic rings. The third-order valence-corrected chi connectivity index (χ3v) is 6.82. The molecule has 0 bridgehead atoms. The number of carbonyl (C=O) groups excluding carboxylic acids is 2. The number of thiophene rings is 1. The van der Waals surface area contributed by atoms with Crippen LogP contribution in [0.15, 0.2) is 18.2 Å². The smallest absolute Gasteiger partial charge is 0.259 e. The van der Waals surface area contributed by atoms with Gasteiger partial charge in [0.25, 0.3) is 5.91 Å². The van der Waals surface area contributed by atoms with Crippen LogP contribution in [0.1, 0.15) is 40.1 Å². The lowest BCUT2D eigenvalue weighted by Crippen LogP contribution is -2.31. The van der Waals surface area contributed by atoms with E-state index in [-0.39, 0.29) is 11.8 Å². The van der Waals surface area contributed by atoms with Crippen LogP contribution >= 0.6 is 22.9 Å². The number of ether oxygens (including phenoxy) is 1. The summed E-state index contributed by atoms with van der Waals surface area (Å²) in [7, 11) is 1.55. The molecule has 1 aliphatic heterocycles. The molecule has 0 saturated carbocycles. The molecule has 2 N–H and O–H groups in total. The molecule has 4 rings (SSSR count). The van der Waals surface area contributed by atoms with Crippen LogP contribution in [0.25, 0.3) is 0 Å². The summed E-state index contributed by atoms with van der Waals surface area (Å²) >= 11 is 7.61. The molecule has 1 aliphatic carbocycles. The Morgan fingerprint density at radius 1 is 1.17 bits per heavy atom. The number of methoxy groups -OCH3 is 1. The summed E-state index contributed by atoms with van der Waals surface area (Å²) in [5.74, 6) is 0.219. The number of aryl methyl sites for hydroxylation is 1. The Labute approximate surface area is 179 Å². The van der Waals surface area contributed by atoms with Gasteiger partial charge in [-0.1, -0.05) is 11.6 Å². The number of nitrogens with one attached hydrogen (secondary N) is 2. The van der Waals surface area contributed by atoms with E-state index in [2.05, 4.69) is 15.5 Å². The summed E-state index contributed by atoms with van der Waals surface area (Å²) < 4.78 is 5.33. The van der Waals surface area contributed by atoms with Crippen molar-refractivity contribution in [2.24, 2.45) is 0 Å². The minimum Gasteiger partial charge on any atom is -0.495 e. The third kappa shape index (κ3) is 4.42. The molecule has 8 heteroatoms. The second-order valence-electron chi connectivity index (χ2n) is 7.39. The number of anilines is 2. The second kappa shape index (κ2) is 8.73. The van der Waals surface area contributed by atoms with E-state index in [1.54, 1.807) is 25.3 Å². The Kier molecular flexibility index (Phi) is 6.08. The number of carbonyl (C=O) groups is 2. The second-order valence-corrected chi connectivity index (χ2v) is 8.93. The molecule has 2 heterocycles. The number of halogens is 1. The van der Waals surface area contributed by atoms with Crippen molar-refractivity contribution < 1.29 is 14.3 Å². The topological polar surface area (TPSA) is 70.7 Å². The fourth-order valence-corrected chi connectivity index (χ4v) is 5.48. The molecule has 29 heavy (non-hydrogen) atoms. The van der Waals surface area contributed by atoms with E-state index in [0.717, 1.165) is 50.8 Å². The quantitative estimate of drug-likeness (QED) is 0.716. The molecule has 1 saturated heterocycles. The first-order valence-electron chi connectivity index (χ1n) is 9.87. The number of fused-ring (bicyclic) bond motifs is 1. The molecule has 1 fully saturated rings. The first-order chi connectivity index (χ1) is 14.0. The molecular formula is C21H24ClN3O3S. The van der Waals surface area contributed by atoms with E-state index in [1.807, 2.05) is 0 Å². The van der Waals surface area contributed by atoms with Crippen molar-refractivity contribution in [2.45, 2.75) is 32.1 Å². The largest absolute Gasteiger partial charge is 0.495 e. The molecule has 2 amide bonds. The predicted molar refractivity (Wildman–Crippen MR) is 117 cm³/mol. The summed E-state index contributed by atoms with van der Waals surface area (Å²) in [6.45, 7) is 2.28. The highest BCUT2D eigenvalue weighted by molar-refractivity contribution is 7.17. The first-order valence-corrected chi connectivity index (χ1v) is 11.1. The summed E-state index contributed by atoms with van der Waals surface area (Å²) in [5.41, 5.74) is 2.13. The fourth-order valence-electron chi connectivity index (χ4n) is 4.01. The Hall–Kier alpha value is -2.09.